The van der Waals surface area contributed by atoms with Crippen molar-refractivity contribution in [2.75, 3.05) is 19.1 Å². The fourth-order valence-corrected chi connectivity index (χ4v) is 4.25. The summed E-state index contributed by atoms with van der Waals surface area (Å²) in [5, 5.41) is 1.66. The molecule has 0 spiro atoms. The maximum atomic E-state index is 6.25. The highest BCUT2D eigenvalue weighted by atomic mass is 35.5. The Labute approximate surface area is 171 Å². The summed E-state index contributed by atoms with van der Waals surface area (Å²) in [6.07, 6.45) is 0. The van der Waals surface area contributed by atoms with Crippen LogP contribution in [-0.2, 0) is 4.74 Å². The molecule has 2 aromatic carbocycles. The number of nitrogens with zero attached hydrogens (tertiary/aromatic N) is 2. The van der Waals surface area contributed by atoms with Crippen molar-refractivity contribution in [3.8, 4) is 0 Å². The smallest absolute Gasteiger partial charge is 0.0979 e. The normalized spacial score (nSPS) is 14.2. The highest BCUT2D eigenvalue weighted by molar-refractivity contribution is 8.13. The molecule has 0 aromatic heterocycles. The fraction of sp³-hybridized carbons (Fsp3) is 0.333. The largest absolute Gasteiger partial charge is 0.371 e. The van der Waals surface area contributed by atoms with Gasteiger partial charge in [-0.15, -0.1) is 0 Å². The highest BCUT2D eigenvalue weighted by Crippen LogP contribution is 2.30. The van der Waals surface area contributed by atoms with Gasteiger partial charge in [0.2, 0.25) is 0 Å². The van der Waals surface area contributed by atoms with Crippen molar-refractivity contribution in [1.82, 2.24) is 0 Å². The van der Waals surface area contributed by atoms with Crippen LogP contribution in [0.15, 0.2) is 58.5 Å². The predicted molar refractivity (Wildman–Crippen MR) is 122 cm³/mol. The van der Waals surface area contributed by atoms with Crippen LogP contribution in [0.2, 0.25) is 30.7 Å². The summed E-state index contributed by atoms with van der Waals surface area (Å²) in [6, 6.07) is 17.2. The summed E-state index contributed by atoms with van der Waals surface area (Å²) >= 11 is 7.88. The lowest BCUT2D eigenvalue weighted by molar-refractivity contribution is 0.198. The zero-order chi connectivity index (χ0) is 19.3. The number of aliphatic imine (C=N–C) groups is 2. The molecule has 6 heteroatoms. The van der Waals surface area contributed by atoms with Gasteiger partial charge in [0.25, 0.3) is 0 Å². The molecule has 27 heavy (non-hydrogen) atoms. The van der Waals surface area contributed by atoms with E-state index >= 15 is 0 Å². The molecule has 1 aliphatic heterocycles. The first-order chi connectivity index (χ1) is 12.9. The van der Waals surface area contributed by atoms with Gasteiger partial charge in [-0.25, -0.2) is 4.99 Å². The fourth-order valence-electron chi connectivity index (χ4n) is 2.66. The Bertz CT molecular complexity index is 847. The zero-order valence-electron chi connectivity index (χ0n) is 16.0. The summed E-state index contributed by atoms with van der Waals surface area (Å²) in [7, 11) is -1.05. The van der Waals surface area contributed by atoms with Crippen molar-refractivity contribution in [2.24, 2.45) is 9.98 Å². The number of hydrogen-bond donors (Lipinski definition) is 0. The average molecular weight is 417 g/mol. The van der Waals surface area contributed by atoms with Gasteiger partial charge in [-0.2, -0.15) is 0 Å². The molecule has 0 saturated carbocycles. The molecule has 3 rings (SSSR count). The van der Waals surface area contributed by atoms with Crippen molar-refractivity contribution < 1.29 is 4.74 Å². The zero-order valence-corrected chi connectivity index (χ0v) is 18.6. The van der Waals surface area contributed by atoms with Crippen LogP contribution in [0.4, 0.5) is 5.69 Å². The average Bonchev–Trinajstić information content (AvgIpc) is 2.80. The predicted octanol–water partition coefficient (Wildman–Crippen LogP) is 6.27. The van der Waals surface area contributed by atoms with Gasteiger partial charge >= 0.3 is 0 Å². The van der Waals surface area contributed by atoms with Gasteiger partial charge in [0.15, 0.2) is 0 Å². The molecular weight excluding hydrogens is 392 g/mol. The van der Waals surface area contributed by atoms with Crippen LogP contribution in [0, 0.1) is 0 Å². The molecule has 0 amide bonds. The van der Waals surface area contributed by atoms with Gasteiger partial charge < -0.3 is 4.74 Å². The Morgan fingerprint density at radius 2 is 1.89 bits per heavy atom. The van der Waals surface area contributed by atoms with Crippen molar-refractivity contribution in [3.63, 3.8) is 0 Å². The van der Waals surface area contributed by atoms with E-state index in [1.165, 1.54) is 6.04 Å². The van der Waals surface area contributed by atoms with Crippen LogP contribution in [0.1, 0.15) is 11.1 Å². The number of hydrogen-bond acceptors (Lipinski definition) is 4. The van der Waals surface area contributed by atoms with Gasteiger partial charge in [-0.05, 0) is 24.2 Å². The molecule has 0 unspecified atom stereocenters. The molecule has 0 fully saturated rings. The molecule has 1 aliphatic rings. The third kappa shape index (κ3) is 6.04. The second-order valence-corrected chi connectivity index (χ2v) is 14.7. The van der Waals surface area contributed by atoms with Crippen molar-refractivity contribution >= 4 is 47.9 Å². The molecular formula is C21H25ClN2OSSi. The van der Waals surface area contributed by atoms with Gasteiger partial charge in [-0.3, -0.25) is 4.99 Å². The summed E-state index contributed by atoms with van der Waals surface area (Å²) in [4.78, 5) is 9.69. The van der Waals surface area contributed by atoms with Gasteiger partial charge in [-0.1, -0.05) is 73.3 Å². The third-order valence-corrected chi connectivity index (χ3v) is 6.96. The van der Waals surface area contributed by atoms with E-state index in [2.05, 4.69) is 31.8 Å². The number of rotatable bonds is 6. The van der Waals surface area contributed by atoms with E-state index in [0.29, 0.717) is 17.5 Å². The minimum atomic E-state index is -1.05. The summed E-state index contributed by atoms with van der Waals surface area (Å²) in [5.74, 6) is 0.614. The first kappa shape index (κ1) is 20.3. The first-order valence-electron chi connectivity index (χ1n) is 9.10. The van der Waals surface area contributed by atoms with E-state index in [0.717, 1.165) is 34.2 Å². The van der Waals surface area contributed by atoms with Gasteiger partial charge in [0, 0.05) is 30.8 Å². The van der Waals surface area contributed by atoms with Crippen molar-refractivity contribution in [1.29, 1.82) is 0 Å². The van der Waals surface area contributed by atoms with Gasteiger partial charge in [0.05, 0.1) is 28.9 Å². The minimum absolute atomic E-state index is 0.554. The molecule has 1 heterocycles. The maximum Gasteiger partial charge on any atom is 0.0979 e. The van der Waals surface area contributed by atoms with E-state index in [-0.39, 0.29) is 0 Å². The summed E-state index contributed by atoms with van der Waals surface area (Å²) in [5.41, 5.74) is 3.90. The van der Waals surface area contributed by atoms with Gasteiger partial charge in [0.1, 0.15) is 0 Å². The monoisotopic (exact) mass is 416 g/mol. The first-order valence-corrected chi connectivity index (χ1v) is 14.2. The third-order valence-electron chi connectivity index (χ3n) is 4.18. The number of fused-ring (bicyclic) bond motifs is 1. The van der Waals surface area contributed by atoms with Crippen LogP contribution >= 0.6 is 23.4 Å². The second-order valence-electron chi connectivity index (χ2n) is 7.68. The summed E-state index contributed by atoms with van der Waals surface area (Å²) in [6.45, 7) is 8.46. The Morgan fingerprint density at radius 3 is 2.63 bits per heavy atom. The molecule has 0 radical (unpaired) electrons. The maximum absolute atomic E-state index is 6.25. The van der Waals surface area contributed by atoms with E-state index in [1.807, 2.05) is 36.4 Å². The topological polar surface area (TPSA) is 34.0 Å². The lowest BCUT2D eigenvalue weighted by atomic mass is 10.0. The molecule has 0 bridgehead atoms. The van der Waals surface area contributed by atoms with Crippen LogP contribution < -0.4 is 0 Å². The molecule has 0 saturated heterocycles. The van der Waals surface area contributed by atoms with Crippen molar-refractivity contribution in [2.45, 2.75) is 25.7 Å². The number of ether oxygens (including phenoxy) is 1. The molecule has 0 N–H and O–H groups in total. The van der Waals surface area contributed by atoms with Crippen molar-refractivity contribution in [3.05, 3.63) is 64.7 Å². The molecule has 3 nitrogen and oxygen atoms in total. The van der Waals surface area contributed by atoms with Crippen LogP contribution in [0.25, 0.3) is 0 Å². The SMILES string of the molecule is C[Si](C)(C)CCOCSC1=Nc2ccc(Cl)cc2C(c2ccccc2)=NC1. The lowest BCUT2D eigenvalue weighted by Gasteiger charge is -2.15. The van der Waals surface area contributed by atoms with Crippen LogP contribution in [-0.4, -0.2) is 37.9 Å². The lowest BCUT2D eigenvalue weighted by Crippen LogP contribution is -2.21. The van der Waals surface area contributed by atoms with E-state index in [1.54, 1.807) is 11.8 Å². The van der Waals surface area contributed by atoms with E-state index < -0.39 is 8.07 Å². The van der Waals surface area contributed by atoms with E-state index in [4.69, 9.17) is 26.3 Å². The number of benzene rings is 2. The molecule has 0 aliphatic carbocycles. The Kier molecular flexibility index (Phi) is 6.92. The quantitative estimate of drug-likeness (QED) is 0.316. The Balaban J connectivity index is 1.75. The number of thioether (sulfide) groups is 1. The van der Waals surface area contributed by atoms with Crippen LogP contribution in [0.3, 0.4) is 0 Å². The molecule has 142 valence electrons. The van der Waals surface area contributed by atoms with Crippen LogP contribution in [0.5, 0.6) is 0 Å². The minimum Gasteiger partial charge on any atom is -0.371 e. The standard InChI is InChI=1S/C21H25ClN2OSSi/c1-27(2,3)12-11-25-15-26-20-14-23-21(16-7-5-4-6-8-16)18-13-17(22)9-10-19(18)24-20/h4-10,13H,11-12,14-15H2,1-3H3. The Morgan fingerprint density at radius 1 is 1.11 bits per heavy atom. The Hall–Kier alpha value is -1.40. The molecule has 0 atom stereocenters. The molecule has 2 aromatic rings. The van der Waals surface area contributed by atoms with E-state index in [9.17, 15) is 0 Å². The number of halogens is 1. The second kappa shape index (κ2) is 9.19. The summed E-state index contributed by atoms with van der Waals surface area (Å²) < 4.78 is 5.82. The highest BCUT2D eigenvalue weighted by Gasteiger charge is 2.17.